The molecule has 0 aliphatic carbocycles. The van der Waals surface area contributed by atoms with Crippen LogP contribution in [0.1, 0.15) is 18.9 Å². The van der Waals surface area contributed by atoms with Gasteiger partial charge in [0.25, 0.3) is 0 Å². The molecule has 0 amide bonds. The second kappa shape index (κ2) is 4.35. The van der Waals surface area contributed by atoms with Crippen LogP contribution in [0.4, 0.5) is 0 Å². The highest BCUT2D eigenvalue weighted by Gasteiger charge is 2.18. The lowest BCUT2D eigenvalue weighted by atomic mass is 10.1. The van der Waals surface area contributed by atoms with Crippen molar-refractivity contribution in [1.82, 2.24) is 20.1 Å². The summed E-state index contributed by atoms with van der Waals surface area (Å²) in [6, 6.07) is 4.77. The Labute approximate surface area is 98.3 Å². The van der Waals surface area contributed by atoms with E-state index in [1.165, 1.54) is 18.5 Å². The molecule has 16 heavy (non-hydrogen) atoms. The van der Waals surface area contributed by atoms with Crippen LogP contribution in [-0.2, 0) is 0 Å². The van der Waals surface area contributed by atoms with E-state index in [0.29, 0.717) is 6.04 Å². The number of aromatic nitrogens is 3. The Kier molecular flexibility index (Phi) is 2.71. The van der Waals surface area contributed by atoms with Crippen LogP contribution in [0.5, 0.6) is 0 Å². The van der Waals surface area contributed by atoms with Crippen LogP contribution < -0.4 is 5.32 Å². The van der Waals surface area contributed by atoms with Gasteiger partial charge < -0.3 is 9.88 Å². The summed E-state index contributed by atoms with van der Waals surface area (Å²) in [7, 11) is 0. The molecule has 0 radical (unpaired) electrons. The summed E-state index contributed by atoms with van der Waals surface area (Å²) in [6.45, 7) is 2.20. The fourth-order valence-electron chi connectivity index (χ4n) is 2.25. The molecule has 5 heteroatoms. The Hall–Kier alpha value is -1.20. The summed E-state index contributed by atoms with van der Waals surface area (Å²) < 4.78 is 2.33. The maximum Gasteiger partial charge on any atom is 0.164 e. The van der Waals surface area contributed by atoms with Gasteiger partial charge in [0.15, 0.2) is 5.01 Å². The third-order valence-corrected chi connectivity index (χ3v) is 3.74. The first-order chi connectivity index (χ1) is 7.95. The fraction of sp³-hybridized carbons (Fsp3) is 0.455. The molecule has 1 aliphatic rings. The first-order valence-corrected chi connectivity index (χ1v) is 6.47. The van der Waals surface area contributed by atoms with Crippen molar-refractivity contribution < 1.29 is 0 Å². The van der Waals surface area contributed by atoms with Crippen LogP contribution in [0.25, 0.3) is 10.7 Å². The van der Waals surface area contributed by atoms with Gasteiger partial charge in [-0.2, -0.15) is 0 Å². The maximum absolute atomic E-state index is 4.14. The standard InChI is InChI=1S/C11H14N4S/c1-3-9(7-12-5-1)15-6-2-4-10(15)11-14-13-8-16-11/h2,4,6,8-9,12H,1,3,5,7H2/t9-/m1/s1. The zero-order valence-corrected chi connectivity index (χ0v) is 9.78. The van der Waals surface area contributed by atoms with E-state index < -0.39 is 0 Å². The minimum Gasteiger partial charge on any atom is -0.341 e. The van der Waals surface area contributed by atoms with Gasteiger partial charge in [-0.05, 0) is 31.5 Å². The van der Waals surface area contributed by atoms with Crippen LogP contribution in [0, 0.1) is 0 Å². The highest BCUT2D eigenvalue weighted by Crippen LogP contribution is 2.27. The molecule has 2 aromatic rings. The molecule has 1 aliphatic heterocycles. The van der Waals surface area contributed by atoms with E-state index in [0.717, 1.165) is 18.1 Å². The zero-order valence-electron chi connectivity index (χ0n) is 8.97. The number of nitrogens with one attached hydrogen (secondary N) is 1. The predicted molar refractivity (Wildman–Crippen MR) is 64.5 cm³/mol. The molecule has 1 N–H and O–H groups in total. The van der Waals surface area contributed by atoms with E-state index in [1.807, 2.05) is 0 Å². The first-order valence-electron chi connectivity index (χ1n) is 5.59. The zero-order chi connectivity index (χ0) is 10.8. The Morgan fingerprint density at radius 2 is 2.50 bits per heavy atom. The molecule has 4 nitrogen and oxygen atoms in total. The van der Waals surface area contributed by atoms with Gasteiger partial charge in [0.05, 0.1) is 5.69 Å². The largest absolute Gasteiger partial charge is 0.341 e. The van der Waals surface area contributed by atoms with Gasteiger partial charge in [-0.3, -0.25) is 0 Å². The van der Waals surface area contributed by atoms with E-state index in [1.54, 1.807) is 16.8 Å². The highest BCUT2D eigenvalue weighted by molar-refractivity contribution is 7.12. The molecule has 0 spiro atoms. The molecular weight excluding hydrogens is 220 g/mol. The fourth-order valence-corrected chi connectivity index (χ4v) is 2.83. The van der Waals surface area contributed by atoms with Crippen molar-refractivity contribution in [3.8, 4) is 10.7 Å². The predicted octanol–water partition coefficient (Wildman–Crippen LogP) is 1.93. The summed E-state index contributed by atoms with van der Waals surface area (Å²) in [6.07, 6.45) is 4.64. The summed E-state index contributed by atoms with van der Waals surface area (Å²) in [4.78, 5) is 0. The molecule has 1 saturated heterocycles. The second-order valence-corrected chi connectivity index (χ2v) is 4.88. The molecule has 0 bridgehead atoms. The summed E-state index contributed by atoms with van der Waals surface area (Å²) >= 11 is 1.60. The van der Waals surface area contributed by atoms with Crippen LogP contribution in [-0.4, -0.2) is 27.9 Å². The van der Waals surface area contributed by atoms with Gasteiger partial charge in [0.2, 0.25) is 0 Å². The summed E-state index contributed by atoms with van der Waals surface area (Å²) in [5.41, 5.74) is 2.97. The second-order valence-electron chi connectivity index (χ2n) is 4.04. The Morgan fingerprint density at radius 1 is 1.50 bits per heavy atom. The molecule has 1 fully saturated rings. The topological polar surface area (TPSA) is 42.7 Å². The van der Waals surface area contributed by atoms with Crippen molar-refractivity contribution >= 4 is 11.3 Å². The molecule has 0 unspecified atom stereocenters. The molecule has 2 aromatic heterocycles. The smallest absolute Gasteiger partial charge is 0.164 e. The minimum atomic E-state index is 0.558. The lowest BCUT2D eigenvalue weighted by molar-refractivity contribution is 0.375. The molecule has 0 aromatic carbocycles. The van der Waals surface area contributed by atoms with E-state index in [2.05, 4.69) is 38.4 Å². The van der Waals surface area contributed by atoms with Gasteiger partial charge in [0.1, 0.15) is 5.51 Å². The third kappa shape index (κ3) is 1.76. The van der Waals surface area contributed by atoms with Crippen molar-refractivity contribution in [2.75, 3.05) is 13.1 Å². The molecule has 1 atom stereocenters. The first kappa shape index (κ1) is 9.99. The highest BCUT2D eigenvalue weighted by atomic mass is 32.1. The Morgan fingerprint density at radius 3 is 3.25 bits per heavy atom. The molecule has 0 saturated carbocycles. The van der Waals surface area contributed by atoms with Crippen LogP contribution in [0.2, 0.25) is 0 Å². The third-order valence-electron chi connectivity index (χ3n) is 3.02. The van der Waals surface area contributed by atoms with Crippen molar-refractivity contribution in [2.45, 2.75) is 18.9 Å². The van der Waals surface area contributed by atoms with Gasteiger partial charge in [-0.1, -0.05) is 11.3 Å². The number of piperidine rings is 1. The SMILES string of the molecule is c1cc(-c2nncs2)n([C@@H]2CCCNC2)c1. The van der Waals surface area contributed by atoms with Crippen LogP contribution in [0.15, 0.2) is 23.8 Å². The molecule has 84 valence electrons. The van der Waals surface area contributed by atoms with Crippen molar-refractivity contribution in [3.63, 3.8) is 0 Å². The molecule has 3 rings (SSSR count). The average Bonchev–Trinajstić information content (AvgIpc) is 3.01. The lowest BCUT2D eigenvalue weighted by Crippen LogP contribution is -2.31. The lowest BCUT2D eigenvalue weighted by Gasteiger charge is -2.25. The van der Waals surface area contributed by atoms with Crippen molar-refractivity contribution in [3.05, 3.63) is 23.8 Å². The molecular formula is C11H14N4S. The summed E-state index contributed by atoms with van der Waals surface area (Å²) in [5.74, 6) is 0. The van der Waals surface area contributed by atoms with Crippen LogP contribution in [0.3, 0.4) is 0 Å². The average molecular weight is 234 g/mol. The monoisotopic (exact) mass is 234 g/mol. The van der Waals surface area contributed by atoms with E-state index in [-0.39, 0.29) is 0 Å². The number of hydrogen-bond donors (Lipinski definition) is 1. The van der Waals surface area contributed by atoms with Gasteiger partial charge in [0, 0.05) is 18.8 Å². The van der Waals surface area contributed by atoms with E-state index in [9.17, 15) is 0 Å². The quantitative estimate of drug-likeness (QED) is 0.863. The molecule has 3 heterocycles. The number of nitrogens with zero attached hydrogens (tertiary/aromatic N) is 3. The van der Waals surface area contributed by atoms with Crippen LogP contribution >= 0.6 is 11.3 Å². The summed E-state index contributed by atoms with van der Waals surface area (Å²) in [5, 5.41) is 12.5. The van der Waals surface area contributed by atoms with Gasteiger partial charge in [-0.25, -0.2) is 0 Å². The Balaban J connectivity index is 1.92. The Bertz CT molecular complexity index is 442. The van der Waals surface area contributed by atoms with Gasteiger partial charge in [-0.15, -0.1) is 10.2 Å². The minimum absolute atomic E-state index is 0.558. The number of rotatable bonds is 2. The van der Waals surface area contributed by atoms with E-state index >= 15 is 0 Å². The van der Waals surface area contributed by atoms with Gasteiger partial charge >= 0.3 is 0 Å². The van der Waals surface area contributed by atoms with E-state index in [4.69, 9.17) is 0 Å². The van der Waals surface area contributed by atoms with Crippen molar-refractivity contribution in [1.29, 1.82) is 0 Å². The normalized spacial score (nSPS) is 21.1. The van der Waals surface area contributed by atoms with Crippen molar-refractivity contribution in [2.24, 2.45) is 0 Å². The maximum atomic E-state index is 4.14. The number of hydrogen-bond acceptors (Lipinski definition) is 4.